The zero-order valence-electron chi connectivity index (χ0n) is 11.1. The molecule has 1 fully saturated rings. The van der Waals surface area contributed by atoms with Gasteiger partial charge in [0, 0.05) is 25.7 Å². The van der Waals surface area contributed by atoms with Gasteiger partial charge in [0.1, 0.15) is 0 Å². The predicted octanol–water partition coefficient (Wildman–Crippen LogP) is 2.35. The van der Waals surface area contributed by atoms with Crippen molar-refractivity contribution in [1.82, 2.24) is 10.2 Å². The molecule has 0 aromatic heterocycles. The lowest BCUT2D eigenvalue weighted by molar-refractivity contribution is 0.138. The summed E-state index contributed by atoms with van der Waals surface area (Å²) < 4.78 is 0. The van der Waals surface area contributed by atoms with Crippen molar-refractivity contribution >= 4 is 0 Å². The van der Waals surface area contributed by atoms with Crippen LogP contribution in [0.4, 0.5) is 0 Å². The first kappa shape index (κ1) is 13.0. The van der Waals surface area contributed by atoms with Gasteiger partial charge in [-0.15, -0.1) is 0 Å². The number of rotatable bonds is 7. The van der Waals surface area contributed by atoms with Crippen LogP contribution in [0.3, 0.4) is 0 Å². The fourth-order valence-electron chi connectivity index (χ4n) is 2.17. The van der Waals surface area contributed by atoms with E-state index in [4.69, 9.17) is 0 Å². The summed E-state index contributed by atoms with van der Waals surface area (Å²) in [7, 11) is 2.04. The topological polar surface area (TPSA) is 15.3 Å². The van der Waals surface area contributed by atoms with Crippen LogP contribution in [0.2, 0.25) is 0 Å². The first-order valence-electron chi connectivity index (χ1n) is 6.33. The minimum absolute atomic E-state index is 0.383. The van der Waals surface area contributed by atoms with Crippen LogP contribution in [-0.4, -0.2) is 37.6 Å². The second-order valence-corrected chi connectivity index (χ2v) is 6.16. The number of hydrogen-bond donors (Lipinski definition) is 1. The third kappa shape index (κ3) is 4.98. The normalized spacial score (nSPS) is 17.8. The van der Waals surface area contributed by atoms with Gasteiger partial charge in [-0.1, -0.05) is 13.8 Å². The highest BCUT2D eigenvalue weighted by molar-refractivity contribution is 4.83. The Morgan fingerprint density at radius 2 is 1.93 bits per heavy atom. The highest BCUT2D eigenvalue weighted by Crippen LogP contribution is 2.31. The largest absolute Gasteiger partial charge is 0.319 e. The molecule has 0 aromatic rings. The van der Waals surface area contributed by atoms with E-state index in [2.05, 4.69) is 37.9 Å². The maximum atomic E-state index is 3.29. The molecule has 1 saturated carbocycles. The summed E-state index contributed by atoms with van der Waals surface area (Å²) in [6.07, 6.45) is 2.91. The number of nitrogens with one attached hydrogen (secondary N) is 1. The molecule has 0 spiro atoms. The number of hydrogen-bond acceptors (Lipinski definition) is 2. The summed E-state index contributed by atoms with van der Waals surface area (Å²) in [6.45, 7) is 13.0. The van der Waals surface area contributed by atoms with Crippen molar-refractivity contribution in [3.8, 4) is 0 Å². The Bertz CT molecular complexity index is 183. The molecule has 0 radical (unpaired) electrons. The molecule has 0 aromatic carbocycles. The second kappa shape index (κ2) is 5.31. The van der Waals surface area contributed by atoms with Crippen molar-refractivity contribution in [3.63, 3.8) is 0 Å². The van der Waals surface area contributed by atoms with Gasteiger partial charge in [0.25, 0.3) is 0 Å². The Balaban J connectivity index is 2.41. The van der Waals surface area contributed by atoms with Crippen LogP contribution in [0.5, 0.6) is 0 Å². The fourth-order valence-corrected chi connectivity index (χ4v) is 2.17. The average molecular weight is 212 g/mol. The lowest BCUT2D eigenvalue weighted by atomic mass is 9.92. The van der Waals surface area contributed by atoms with E-state index in [0.717, 1.165) is 12.5 Å². The molecular formula is C13H28N2. The Morgan fingerprint density at radius 3 is 2.33 bits per heavy atom. The molecule has 1 aliphatic carbocycles. The quantitative estimate of drug-likeness (QED) is 0.697. The van der Waals surface area contributed by atoms with E-state index in [1.165, 1.54) is 25.9 Å². The fraction of sp³-hybridized carbons (Fsp3) is 1.00. The van der Waals surface area contributed by atoms with Crippen LogP contribution in [-0.2, 0) is 0 Å². The van der Waals surface area contributed by atoms with Crippen molar-refractivity contribution in [2.24, 2.45) is 11.3 Å². The average Bonchev–Trinajstić information content (AvgIpc) is 2.86. The van der Waals surface area contributed by atoms with Gasteiger partial charge in [0.15, 0.2) is 0 Å². The summed E-state index contributed by atoms with van der Waals surface area (Å²) in [5.74, 6) is 0.998. The first-order valence-corrected chi connectivity index (χ1v) is 6.33. The van der Waals surface area contributed by atoms with Crippen LogP contribution in [0.1, 0.15) is 40.5 Å². The highest BCUT2D eigenvalue weighted by atomic mass is 15.2. The monoisotopic (exact) mass is 212 g/mol. The Hall–Kier alpha value is -0.0800. The summed E-state index contributed by atoms with van der Waals surface area (Å²) in [5, 5.41) is 3.29. The maximum absolute atomic E-state index is 3.29. The zero-order valence-corrected chi connectivity index (χ0v) is 11.1. The van der Waals surface area contributed by atoms with E-state index in [1.807, 2.05) is 7.05 Å². The van der Waals surface area contributed by atoms with Crippen molar-refractivity contribution < 1.29 is 0 Å². The van der Waals surface area contributed by atoms with Gasteiger partial charge in [-0.25, -0.2) is 0 Å². The van der Waals surface area contributed by atoms with Crippen molar-refractivity contribution in [3.05, 3.63) is 0 Å². The highest BCUT2D eigenvalue weighted by Gasteiger charge is 2.28. The number of nitrogens with zero attached hydrogens (tertiary/aromatic N) is 1. The van der Waals surface area contributed by atoms with E-state index < -0.39 is 0 Å². The molecule has 1 rings (SSSR count). The molecule has 1 aliphatic rings. The van der Waals surface area contributed by atoms with E-state index in [0.29, 0.717) is 11.5 Å². The smallest absolute Gasteiger partial charge is 0.00476 e. The third-order valence-corrected chi connectivity index (χ3v) is 3.21. The molecule has 0 amide bonds. The Kier molecular flexibility index (Phi) is 4.60. The molecule has 0 aliphatic heterocycles. The van der Waals surface area contributed by atoms with E-state index in [-0.39, 0.29) is 0 Å². The van der Waals surface area contributed by atoms with E-state index in [1.54, 1.807) is 0 Å². The maximum Gasteiger partial charge on any atom is 0.00476 e. The summed E-state index contributed by atoms with van der Waals surface area (Å²) in [4.78, 5) is 2.65. The van der Waals surface area contributed by atoms with Crippen molar-refractivity contribution in [1.29, 1.82) is 0 Å². The molecule has 0 bridgehead atoms. The van der Waals surface area contributed by atoms with Gasteiger partial charge in [-0.3, -0.25) is 0 Å². The standard InChI is InChI=1S/C13H28N2/c1-11(2)15(8-12-6-7-12)10-13(3,4)9-14-5/h11-12,14H,6-10H2,1-5H3. The lowest BCUT2D eigenvalue weighted by Gasteiger charge is -2.35. The van der Waals surface area contributed by atoms with Crippen molar-refractivity contribution in [2.75, 3.05) is 26.7 Å². The molecule has 0 saturated heterocycles. The molecule has 1 N–H and O–H groups in total. The van der Waals surface area contributed by atoms with Gasteiger partial charge in [-0.05, 0) is 45.1 Å². The summed E-state index contributed by atoms with van der Waals surface area (Å²) in [5.41, 5.74) is 0.383. The van der Waals surface area contributed by atoms with Gasteiger partial charge in [-0.2, -0.15) is 0 Å². The second-order valence-electron chi connectivity index (χ2n) is 6.16. The zero-order chi connectivity index (χ0) is 11.5. The van der Waals surface area contributed by atoms with Crippen LogP contribution >= 0.6 is 0 Å². The molecule has 15 heavy (non-hydrogen) atoms. The van der Waals surface area contributed by atoms with Gasteiger partial charge >= 0.3 is 0 Å². The Labute approximate surface area is 95.4 Å². The molecule has 2 nitrogen and oxygen atoms in total. The molecule has 2 heteroatoms. The molecule has 0 unspecified atom stereocenters. The summed E-state index contributed by atoms with van der Waals surface area (Å²) >= 11 is 0. The van der Waals surface area contributed by atoms with Gasteiger partial charge in [0.05, 0.1) is 0 Å². The van der Waals surface area contributed by atoms with Crippen LogP contribution in [0.15, 0.2) is 0 Å². The van der Waals surface area contributed by atoms with Crippen LogP contribution < -0.4 is 5.32 Å². The van der Waals surface area contributed by atoms with Crippen LogP contribution in [0.25, 0.3) is 0 Å². The van der Waals surface area contributed by atoms with E-state index in [9.17, 15) is 0 Å². The molecular weight excluding hydrogens is 184 g/mol. The predicted molar refractivity (Wildman–Crippen MR) is 67.1 cm³/mol. The lowest BCUT2D eigenvalue weighted by Crippen LogP contribution is -2.43. The van der Waals surface area contributed by atoms with Crippen molar-refractivity contribution in [2.45, 2.75) is 46.6 Å². The first-order chi connectivity index (χ1) is 6.94. The van der Waals surface area contributed by atoms with Crippen LogP contribution in [0, 0.1) is 11.3 Å². The minimum Gasteiger partial charge on any atom is -0.319 e. The summed E-state index contributed by atoms with van der Waals surface area (Å²) in [6, 6.07) is 0.682. The molecule has 90 valence electrons. The minimum atomic E-state index is 0.383. The van der Waals surface area contributed by atoms with Gasteiger partial charge < -0.3 is 10.2 Å². The third-order valence-electron chi connectivity index (χ3n) is 3.21. The SMILES string of the molecule is CNCC(C)(C)CN(CC1CC1)C(C)C. The Morgan fingerprint density at radius 1 is 1.33 bits per heavy atom. The van der Waals surface area contributed by atoms with Gasteiger partial charge in [0.2, 0.25) is 0 Å². The van der Waals surface area contributed by atoms with E-state index >= 15 is 0 Å². The molecule has 0 atom stereocenters. The molecule has 0 heterocycles.